The van der Waals surface area contributed by atoms with Crippen LogP contribution in [0.1, 0.15) is 54.1 Å². The quantitative estimate of drug-likeness (QED) is 0.789. The monoisotopic (exact) mass is 281 g/mol. The number of hydrogen-bond donors (Lipinski definition) is 1. The van der Waals surface area contributed by atoms with E-state index < -0.39 is 0 Å². The Morgan fingerprint density at radius 2 is 1.62 bits per heavy atom. The van der Waals surface area contributed by atoms with Crippen molar-refractivity contribution in [2.75, 3.05) is 6.54 Å². The van der Waals surface area contributed by atoms with E-state index in [1.807, 2.05) is 0 Å². The summed E-state index contributed by atoms with van der Waals surface area (Å²) in [5, 5.41) is 3.74. The summed E-state index contributed by atoms with van der Waals surface area (Å²) in [6.45, 7) is 9.93. The lowest BCUT2D eigenvalue weighted by atomic mass is 9.89. The van der Waals surface area contributed by atoms with Crippen molar-refractivity contribution in [2.45, 2.75) is 46.6 Å². The van der Waals surface area contributed by atoms with Crippen molar-refractivity contribution in [1.29, 1.82) is 0 Å². The van der Waals surface area contributed by atoms with Crippen molar-refractivity contribution in [3.05, 3.63) is 70.3 Å². The molecule has 0 aliphatic heterocycles. The lowest BCUT2D eigenvalue weighted by Crippen LogP contribution is -2.25. The summed E-state index contributed by atoms with van der Waals surface area (Å²) >= 11 is 0. The molecular weight excluding hydrogens is 254 g/mol. The van der Waals surface area contributed by atoms with Gasteiger partial charge in [-0.15, -0.1) is 0 Å². The van der Waals surface area contributed by atoms with Crippen molar-refractivity contribution in [1.82, 2.24) is 5.32 Å². The van der Waals surface area contributed by atoms with Gasteiger partial charge in [-0.3, -0.25) is 0 Å². The van der Waals surface area contributed by atoms with Crippen LogP contribution < -0.4 is 5.32 Å². The average Bonchev–Trinajstić information content (AvgIpc) is 2.52. The summed E-state index contributed by atoms with van der Waals surface area (Å²) in [7, 11) is 0. The second-order valence-corrected chi connectivity index (χ2v) is 5.73. The summed E-state index contributed by atoms with van der Waals surface area (Å²) in [6.07, 6.45) is 2.22. The van der Waals surface area contributed by atoms with Gasteiger partial charge in [-0.05, 0) is 61.1 Å². The molecule has 112 valence electrons. The maximum atomic E-state index is 3.74. The fraction of sp³-hybridized carbons (Fsp3) is 0.400. The molecule has 1 unspecified atom stereocenters. The number of rotatable bonds is 6. The van der Waals surface area contributed by atoms with Gasteiger partial charge in [-0.25, -0.2) is 0 Å². The predicted octanol–water partition coefficient (Wildman–Crippen LogP) is 4.95. The molecule has 0 spiro atoms. The Kier molecular flexibility index (Phi) is 5.58. The molecule has 0 amide bonds. The molecule has 2 aromatic carbocycles. The highest BCUT2D eigenvalue weighted by Gasteiger charge is 2.18. The zero-order chi connectivity index (χ0) is 15.2. The highest BCUT2D eigenvalue weighted by atomic mass is 14.9. The minimum atomic E-state index is 0.293. The van der Waals surface area contributed by atoms with E-state index in [1.54, 1.807) is 0 Å². The first-order chi connectivity index (χ1) is 10.2. The van der Waals surface area contributed by atoms with Crippen LogP contribution in [0, 0.1) is 13.8 Å². The number of benzene rings is 2. The van der Waals surface area contributed by atoms with E-state index in [2.05, 4.69) is 75.5 Å². The van der Waals surface area contributed by atoms with Crippen LogP contribution in [0.15, 0.2) is 42.5 Å². The fourth-order valence-corrected chi connectivity index (χ4v) is 2.90. The highest BCUT2D eigenvalue weighted by molar-refractivity contribution is 5.43. The van der Waals surface area contributed by atoms with Crippen molar-refractivity contribution >= 4 is 0 Å². The summed E-state index contributed by atoms with van der Waals surface area (Å²) < 4.78 is 0. The first-order valence-electron chi connectivity index (χ1n) is 8.06. The van der Waals surface area contributed by atoms with Gasteiger partial charge in [0, 0.05) is 0 Å². The van der Waals surface area contributed by atoms with Crippen molar-refractivity contribution in [3.63, 3.8) is 0 Å². The normalized spacial score (nSPS) is 12.4. The van der Waals surface area contributed by atoms with Gasteiger partial charge in [-0.2, -0.15) is 0 Å². The maximum absolute atomic E-state index is 3.74. The number of nitrogens with one attached hydrogen (secondary N) is 1. The SMILES string of the molecule is CCCNC(c1ccccc1CC)c1cccc(C)c1C. The first kappa shape index (κ1) is 15.8. The van der Waals surface area contributed by atoms with Crippen LogP contribution in [0.5, 0.6) is 0 Å². The van der Waals surface area contributed by atoms with Gasteiger partial charge in [0.2, 0.25) is 0 Å². The Hall–Kier alpha value is -1.60. The average molecular weight is 281 g/mol. The molecule has 0 saturated heterocycles. The summed E-state index contributed by atoms with van der Waals surface area (Å²) in [4.78, 5) is 0. The molecule has 0 saturated carbocycles. The molecule has 0 aliphatic rings. The molecule has 0 bridgehead atoms. The van der Waals surface area contributed by atoms with Gasteiger partial charge in [0.15, 0.2) is 0 Å². The van der Waals surface area contributed by atoms with E-state index in [4.69, 9.17) is 0 Å². The van der Waals surface area contributed by atoms with Gasteiger partial charge >= 0.3 is 0 Å². The van der Waals surface area contributed by atoms with E-state index in [1.165, 1.54) is 27.8 Å². The Labute approximate surface area is 129 Å². The molecule has 0 fully saturated rings. The standard InChI is InChI=1S/C20H27N/c1-5-14-21-20(18-13-9-10-15(3)16(18)4)19-12-8-7-11-17(19)6-2/h7-13,20-21H,5-6,14H2,1-4H3. The summed E-state index contributed by atoms with van der Waals surface area (Å²) in [5.41, 5.74) is 7.03. The molecule has 2 rings (SSSR count). The Morgan fingerprint density at radius 1 is 0.905 bits per heavy atom. The van der Waals surface area contributed by atoms with Gasteiger partial charge in [0.25, 0.3) is 0 Å². The molecule has 1 atom stereocenters. The molecule has 0 aromatic heterocycles. The molecule has 1 N–H and O–H groups in total. The lowest BCUT2D eigenvalue weighted by Gasteiger charge is -2.24. The molecule has 21 heavy (non-hydrogen) atoms. The van der Waals surface area contributed by atoms with Crippen molar-refractivity contribution in [3.8, 4) is 0 Å². The van der Waals surface area contributed by atoms with Gasteiger partial charge in [-0.1, -0.05) is 56.3 Å². The zero-order valence-corrected chi connectivity index (χ0v) is 13.7. The third-order valence-electron chi connectivity index (χ3n) is 4.30. The molecule has 0 heterocycles. The van der Waals surface area contributed by atoms with E-state index in [-0.39, 0.29) is 0 Å². The molecule has 1 nitrogen and oxygen atoms in total. The van der Waals surface area contributed by atoms with Crippen molar-refractivity contribution < 1.29 is 0 Å². The van der Waals surface area contributed by atoms with Crippen LogP contribution in [0.4, 0.5) is 0 Å². The molecule has 0 aliphatic carbocycles. The van der Waals surface area contributed by atoms with Crippen LogP contribution >= 0.6 is 0 Å². The Bertz CT molecular complexity index is 586. The number of aryl methyl sites for hydroxylation is 2. The molecule has 0 radical (unpaired) electrons. The first-order valence-corrected chi connectivity index (χ1v) is 8.06. The third kappa shape index (κ3) is 3.54. The van der Waals surface area contributed by atoms with E-state index in [0.29, 0.717) is 6.04 Å². The predicted molar refractivity (Wildman–Crippen MR) is 91.9 cm³/mol. The van der Waals surface area contributed by atoms with E-state index in [0.717, 1.165) is 19.4 Å². The van der Waals surface area contributed by atoms with Gasteiger partial charge in [0.05, 0.1) is 6.04 Å². The minimum Gasteiger partial charge on any atom is -0.306 e. The smallest absolute Gasteiger partial charge is 0.0582 e. The summed E-state index contributed by atoms with van der Waals surface area (Å²) in [6, 6.07) is 15.7. The minimum absolute atomic E-state index is 0.293. The zero-order valence-electron chi connectivity index (χ0n) is 13.7. The molecular formula is C20H27N. The topological polar surface area (TPSA) is 12.0 Å². The van der Waals surface area contributed by atoms with Crippen LogP contribution in [-0.4, -0.2) is 6.54 Å². The molecule has 2 aromatic rings. The fourth-order valence-electron chi connectivity index (χ4n) is 2.90. The number of hydrogen-bond acceptors (Lipinski definition) is 1. The van der Waals surface area contributed by atoms with Crippen LogP contribution in [0.3, 0.4) is 0 Å². The maximum Gasteiger partial charge on any atom is 0.0582 e. The Balaban J connectivity index is 2.50. The Morgan fingerprint density at radius 3 is 2.33 bits per heavy atom. The van der Waals surface area contributed by atoms with Crippen LogP contribution in [0.25, 0.3) is 0 Å². The van der Waals surface area contributed by atoms with Gasteiger partial charge < -0.3 is 5.32 Å². The third-order valence-corrected chi connectivity index (χ3v) is 4.30. The van der Waals surface area contributed by atoms with Crippen molar-refractivity contribution in [2.24, 2.45) is 0 Å². The van der Waals surface area contributed by atoms with E-state index in [9.17, 15) is 0 Å². The molecule has 1 heteroatoms. The van der Waals surface area contributed by atoms with Gasteiger partial charge in [0.1, 0.15) is 0 Å². The van der Waals surface area contributed by atoms with E-state index >= 15 is 0 Å². The second-order valence-electron chi connectivity index (χ2n) is 5.73. The van der Waals surface area contributed by atoms with Crippen LogP contribution in [-0.2, 0) is 6.42 Å². The summed E-state index contributed by atoms with van der Waals surface area (Å²) in [5.74, 6) is 0. The highest BCUT2D eigenvalue weighted by Crippen LogP contribution is 2.29. The largest absolute Gasteiger partial charge is 0.306 e. The van der Waals surface area contributed by atoms with Crippen LogP contribution in [0.2, 0.25) is 0 Å². The second kappa shape index (κ2) is 7.42. The lowest BCUT2D eigenvalue weighted by molar-refractivity contribution is 0.592.